The highest BCUT2D eigenvalue weighted by molar-refractivity contribution is 5.91. The van der Waals surface area contributed by atoms with Crippen LogP contribution < -0.4 is 0 Å². The molecular formula is C15H20O3. The van der Waals surface area contributed by atoms with Crippen LogP contribution in [0.4, 0.5) is 0 Å². The molecule has 0 aromatic heterocycles. The van der Waals surface area contributed by atoms with Crippen molar-refractivity contribution < 1.29 is 14.6 Å². The predicted octanol–water partition coefficient (Wildman–Crippen LogP) is 2.36. The van der Waals surface area contributed by atoms with Crippen LogP contribution in [0.15, 0.2) is 23.3 Å². The number of hydrogen-bond donors (Lipinski definition) is 1. The second-order valence-electron chi connectivity index (χ2n) is 6.18. The molecule has 18 heavy (non-hydrogen) atoms. The third-order valence-corrected chi connectivity index (χ3v) is 5.00. The number of rotatable bonds is 0. The molecular weight excluding hydrogens is 228 g/mol. The maximum Gasteiger partial charge on any atom is 0.334 e. The highest BCUT2D eigenvalue weighted by Gasteiger charge is 2.51. The van der Waals surface area contributed by atoms with Crippen LogP contribution >= 0.6 is 0 Å². The minimum atomic E-state index is -0.676. The molecule has 0 radical (unpaired) electrons. The minimum absolute atomic E-state index is 0.0667. The van der Waals surface area contributed by atoms with Gasteiger partial charge >= 0.3 is 5.97 Å². The van der Waals surface area contributed by atoms with Crippen molar-refractivity contribution >= 4 is 5.97 Å². The molecule has 98 valence electrons. The quantitative estimate of drug-likeness (QED) is 0.406. The molecule has 3 heteroatoms. The van der Waals surface area contributed by atoms with E-state index in [0.29, 0.717) is 12.0 Å². The molecule has 1 heterocycles. The van der Waals surface area contributed by atoms with Crippen LogP contribution in [0.5, 0.6) is 0 Å². The standard InChI is InChI=1S/C15H20O3/c1-8-4-5-11-12(8)13-10(6-7-15(11,3)17)9(2)14(16)18-13/h10-11,13,17H,2,4-7H2,1,3H3/t10-,11+,13-,15+/m0/s1. The van der Waals surface area contributed by atoms with Crippen LogP contribution in [0.3, 0.4) is 0 Å². The summed E-state index contributed by atoms with van der Waals surface area (Å²) in [4.78, 5) is 11.7. The molecule has 2 fully saturated rings. The summed E-state index contributed by atoms with van der Waals surface area (Å²) in [5.41, 5.74) is 2.38. The van der Waals surface area contributed by atoms with Gasteiger partial charge in [0.05, 0.1) is 5.60 Å². The Bertz CT molecular complexity index is 458. The van der Waals surface area contributed by atoms with E-state index in [9.17, 15) is 9.90 Å². The zero-order valence-corrected chi connectivity index (χ0v) is 11.0. The van der Waals surface area contributed by atoms with Crippen LogP contribution in [-0.4, -0.2) is 22.8 Å². The summed E-state index contributed by atoms with van der Waals surface area (Å²) in [6.07, 6.45) is 3.32. The van der Waals surface area contributed by atoms with Crippen molar-refractivity contribution in [3.63, 3.8) is 0 Å². The van der Waals surface area contributed by atoms with E-state index in [4.69, 9.17) is 4.74 Å². The van der Waals surface area contributed by atoms with Crippen molar-refractivity contribution in [3.8, 4) is 0 Å². The monoisotopic (exact) mass is 248 g/mol. The molecule has 2 aliphatic carbocycles. The molecule has 4 atom stereocenters. The van der Waals surface area contributed by atoms with Crippen LogP contribution in [0.2, 0.25) is 0 Å². The zero-order chi connectivity index (χ0) is 13.1. The molecule has 1 aliphatic heterocycles. The molecule has 0 spiro atoms. The molecule has 0 unspecified atom stereocenters. The smallest absolute Gasteiger partial charge is 0.334 e. The van der Waals surface area contributed by atoms with E-state index in [-0.39, 0.29) is 23.9 Å². The summed E-state index contributed by atoms with van der Waals surface area (Å²) in [5, 5.41) is 10.6. The first-order valence-electron chi connectivity index (χ1n) is 6.73. The molecule has 1 saturated heterocycles. The average Bonchev–Trinajstić information content (AvgIpc) is 2.76. The van der Waals surface area contributed by atoms with Gasteiger partial charge in [-0.3, -0.25) is 0 Å². The maximum absolute atomic E-state index is 11.7. The second-order valence-corrected chi connectivity index (χ2v) is 6.18. The van der Waals surface area contributed by atoms with Crippen molar-refractivity contribution in [1.82, 2.24) is 0 Å². The Morgan fingerprint density at radius 1 is 1.44 bits per heavy atom. The van der Waals surface area contributed by atoms with Gasteiger partial charge in [0, 0.05) is 17.4 Å². The Kier molecular flexibility index (Phi) is 2.46. The van der Waals surface area contributed by atoms with Gasteiger partial charge in [-0.2, -0.15) is 0 Å². The lowest BCUT2D eigenvalue weighted by Gasteiger charge is -2.31. The van der Waals surface area contributed by atoms with Crippen molar-refractivity contribution in [3.05, 3.63) is 23.3 Å². The molecule has 3 aliphatic rings. The Morgan fingerprint density at radius 3 is 2.89 bits per heavy atom. The first-order chi connectivity index (χ1) is 8.42. The van der Waals surface area contributed by atoms with Gasteiger partial charge in [-0.1, -0.05) is 12.2 Å². The lowest BCUT2D eigenvalue weighted by molar-refractivity contribution is -0.138. The number of ether oxygens (including phenoxy) is 1. The summed E-state index contributed by atoms with van der Waals surface area (Å²) >= 11 is 0. The van der Waals surface area contributed by atoms with Gasteiger partial charge in [0.25, 0.3) is 0 Å². The molecule has 0 amide bonds. The van der Waals surface area contributed by atoms with E-state index in [1.165, 1.54) is 11.1 Å². The third kappa shape index (κ3) is 1.50. The number of carbonyl (C=O) groups is 1. The van der Waals surface area contributed by atoms with Gasteiger partial charge in [-0.05, 0) is 45.1 Å². The lowest BCUT2D eigenvalue weighted by Crippen LogP contribution is -2.35. The van der Waals surface area contributed by atoms with Crippen LogP contribution in [-0.2, 0) is 9.53 Å². The summed E-state index contributed by atoms with van der Waals surface area (Å²) < 4.78 is 5.53. The fourth-order valence-electron chi connectivity index (χ4n) is 3.88. The largest absolute Gasteiger partial charge is 0.454 e. The van der Waals surface area contributed by atoms with E-state index >= 15 is 0 Å². The van der Waals surface area contributed by atoms with Gasteiger partial charge in [-0.15, -0.1) is 0 Å². The van der Waals surface area contributed by atoms with Crippen molar-refractivity contribution in [1.29, 1.82) is 0 Å². The first kappa shape index (κ1) is 12.0. The SMILES string of the molecule is C=C1C(=O)O[C@@H]2C3=C(C)CC[C@H]3[C@](C)(O)CC[C@@H]12. The van der Waals surface area contributed by atoms with E-state index in [1.807, 2.05) is 6.92 Å². The van der Waals surface area contributed by atoms with E-state index < -0.39 is 5.60 Å². The van der Waals surface area contributed by atoms with Gasteiger partial charge in [-0.25, -0.2) is 4.79 Å². The van der Waals surface area contributed by atoms with E-state index in [2.05, 4.69) is 13.5 Å². The maximum atomic E-state index is 11.7. The molecule has 1 saturated carbocycles. The number of aliphatic hydroxyl groups is 1. The average molecular weight is 248 g/mol. The molecule has 1 N–H and O–H groups in total. The topological polar surface area (TPSA) is 46.5 Å². The first-order valence-corrected chi connectivity index (χ1v) is 6.73. The Balaban J connectivity index is 2.07. The Labute approximate surface area is 108 Å². The van der Waals surface area contributed by atoms with Crippen molar-refractivity contribution in [2.24, 2.45) is 11.8 Å². The Morgan fingerprint density at radius 2 is 2.17 bits per heavy atom. The van der Waals surface area contributed by atoms with Crippen LogP contribution in [0.1, 0.15) is 39.5 Å². The molecule has 0 aromatic rings. The van der Waals surface area contributed by atoms with Crippen LogP contribution in [0.25, 0.3) is 0 Å². The second kappa shape index (κ2) is 3.70. The van der Waals surface area contributed by atoms with E-state index in [1.54, 1.807) is 0 Å². The summed E-state index contributed by atoms with van der Waals surface area (Å²) in [6, 6.07) is 0. The fraction of sp³-hybridized carbons (Fsp3) is 0.667. The molecule has 3 rings (SSSR count). The highest BCUT2D eigenvalue weighted by Crippen LogP contribution is 2.51. The lowest BCUT2D eigenvalue weighted by atomic mass is 9.82. The zero-order valence-electron chi connectivity index (χ0n) is 11.0. The number of esters is 1. The third-order valence-electron chi connectivity index (χ3n) is 5.00. The summed E-state index contributed by atoms with van der Waals surface area (Å²) in [6.45, 7) is 7.89. The van der Waals surface area contributed by atoms with Gasteiger partial charge in [0.15, 0.2) is 0 Å². The van der Waals surface area contributed by atoms with Gasteiger partial charge < -0.3 is 9.84 Å². The molecule has 0 aromatic carbocycles. The molecule has 0 bridgehead atoms. The number of fused-ring (bicyclic) bond motifs is 3. The number of carbonyl (C=O) groups excluding carboxylic acids is 1. The van der Waals surface area contributed by atoms with Gasteiger partial charge in [0.1, 0.15) is 6.10 Å². The Hall–Kier alpha value is -1.09. The molecule has 3 nitrogen and oxygen atoms in total. The van der Waals surface area contributed by atoms with Gasteiger partial charge in [0.2, 0.25) is 0 Å². The normalized spacial score (nSPS) is 43.6. The minimum Gasteiger partial charge on any atom is -0.454 e. The number of allylic oxidation sites excluding steroid dienone is 1. The summed E-state index contributed by atoms with van der Waals surface area (Å²) in [7, 11) is 0. The van der Waals surface area contributed by atoms with E-state index in [0.717, 1.165) is 19.3 Å². The van der Waals surface area contributed by atoms with Crippen molar-refractivity contribution in [2.75, 3.05) is 0 Å². The predicted molar refractivity (Wildman–Crippen MR) is 67.8 cm³/mol. The van der Waals surface area contributed by atoms with Crippen molar-refractivity contribution in [2.45, 2.75) is 51.2 Å². The highest BCUT2D eigenvalue weighted by atomic mass is 16.6. The summed E-state index contributed by atoms with van der Waals surface area (Å²) in [5.74, 6) is -0.0410. The fourth-order valence-corrected chi connectivity index (χ4v) is 3.88. The van der Waals surface area contributed by atoms with Crippen LogP contribution in [0, 0.1) is 11.8 Å². The number of hydrogen-bond acceptors (Lipinski definition) is 3.